The second-order valence-electron chi connectivity index (χ2n) is 15.3. The Morgan fingerprint density at radius 2 is 1.21 bits per heavy atom. The van der Waals surface area contributed by atoms with E-state index in [4.69, 9.17) is 18.9 Å². The smallest absolute Gasteiger partial charge is 0.407 e. The van der Waals surface area contributed by atoms with Crippen molar-refractivity contribution >= 4 is 24.0 Å². The number of fused-ring (bicyclic) bond motifs is 2. The fourth-order valence-corrected chi connectivity index (χ4v) is 7.77. The van der Waals surface area contributed by atoms with Gasteiger partial charge in [0.1, 0.15) is 36.1 Å². The van der Waals surface area contributed by atoms with Gasteiger partial charge in [0.05, 0.1) is 50.1 Å². The third kappa shape index (κ3) is 8.11. The Hall–Kier alpha value is -6.06. The van der Waals surface area contributed by atoms with E-state index in [1.54, 1.807) is 22.2 Å². The molecule has 2 aromatic heterocycles. The maximum atomic E-state index is 13.6. The number of hydrogen-bond donors (Lipinski definition) is 4. The van der Waals surface area contributed by atoms with Crippen LogP contribution in [0.2, 0.25) is 0 Å². The van der Waals surface area contributed by atoms with Crippen molar-refractivity contribution in [2.24, 2.45) is 11.8 Å². The molecule has 4 amide bonds. The first kappa shape index (κ1) is 39.2. The summed E-state index contributed by atoms with van der Waals surface area (Å²) in [6, 6.07) is 9.67. The molecule has 4 atom stereocenters. The van der Waals surface area contributed by atoms with Crippen LogP contribution in [-0.2, 0) is 25.7 Å². The Morgan fingerprint density at radius 3 is 1.70 bits per heavy atom. The molecule has 2 saturated heterocycles. The van der Waals surface area contributed by atoms with Crippen molar-refractivity contribution in [1.82, 2.24) is 40.4 Å². The molecule has 16 heteroatoms. The number of alkyl carbamates (subject to hydrolysis) is 2. The van der Waals surface area contributed by atoms with Gasteiger partial charge in [0.25, 0.3) is 0 Å². The third-order valence-electron chi connectivity index (χ3n) is 10.9. The van der Waals surface area contributed by atoms with Crippen molar-refractivity contribution in [3.05, 3.63) is 66.0 Å². The monoisotopic (exact) mass is 782 g/mol. The van der Waals surface area contributed by atoms with Crippen LogP contribution < -0.4 is 20.1 Å². The average molecular weight is 783 g/mol. The molecule has 4 N–H and O–H groups in total. The molecule has 2 aromatic carbocycles. The number of carbonyl (C=O) groups is 4. The molecule has 3 aliphatic rings. The molecule has 4 aromatic rings. The number of nitrogens with one attached hydrogen (secondary N) is 4. The van der Waals surface area contributed by atoms with Crippen LogP contribution in [-0.4, -0.2) is 93.1 Å². The maximum absolute atomic E-state index is 13.6. The highest BCUT2D eigenvalue weighted by atomic mass is 16.5. The number of carbonyl (C=O) groups excluding carboxylic acids is 4. The fraction of sp³-hybridized carbons (Fsp3) is 0.463. The number of benzene rings is 2. The summed E-state index contributed by atoms with van der Waals surface area (Å²) in [5, 5.41) is 5.38. The van der Waals surface area contributed by atoms with Crippen LogP contribution in [0.15, 0.2) is 48.8 Å². The summed E-state index contributed by atoms with van der Waals surface area (Å²) in [6.45, 7) is 8.98. The third-order valence-corrected chi connectivity index (χ3v) is 10.9. The second kappa shape index (κ2) is 16.6. The molecule has 0 aliphatic carbocycles. The molecule has 0 radical (unpaired) electrons. The molecule has 0 saturated carbocycles. The summed E-state index contributed by atoms with van der Waals surface area (Å²) in [5.74, 6) is 2.55. The van der Waals surface area contributed by atoms with Crippen LogP contribution in [0.1, 0.15) is 82.7 Å². The predicted octanol–water partition coefficient (Wildman–Crippen LogP) is 6.24. The van der Waals surface area contributed by atoms with Crippen LogP contribution >= 0.6 is 0 Å². The van der Waals surface area contributed by atoms with Gasteiger partial charge in [-0.15, -0.1) is 0 Å². The highest BCUT2D eigenvalue weighted by molar-refractivity contribution is 5.87. The van der Waals surface area contributed by atoms with Gasteiger partial charge in [-0.2, -0.15) is 0 Å². The van der Waals surface area contributed by atoms with Crippen LogP contribution in [0.5, 0.6) is 17.2 Å². The van der Waals surface area contributed by atoms with Gasteiger partial charge < -0.3 is 49.3 Å². The topological polar surface area (TPSA) is 193 Å². The average Bonchev–Trinajstić information content (AvgIpc) is 4.04. The number of imidazole rings is 2. The number of rotatable bonds is 10. The molecule has 5 heterocycles. The van der Waals surface area contributed by atoms with Crippen molar-refractivity contribution in [3.63, 3.8) is 0 Å². The van der Waals surface area contributed by atoms with E-state index in [-0.39, 0.29) is 35.7 Å². The highest BCUT2D eigenvalue weighted by Gasteiger charge is 2.39. The van der Waals surface area contributed by atoms with Crippen molar-refractivity contribution in [2.75, 3.05) is 27.3 Å². The van der Waals surface area contributed by atoms with Crippen molar-refractivity contribution in [3.8, 4) is 39.8 Å². The number of ether oxygens (including phenoxy) is 4. The molecule has 302 valence electrons. The van der Waals surface area contributed by atoms with Crippen LogP contribution in [0.3, 0.4) is 0 Å². The number of amides is 4. The van der Waals surface area contributed by atoms with E-state index >= 15 is 0 Å². The number of aromatic amines is 2. The van der Waals surface area contributed by atoms with Gasteiger partial charge in [-0.25, -0.2) is 19.6 Å². The standard InChI is InChI=1S/C41H50N8O8/c1-22(2)34(46-40(52)54-5)38(50)48-15-7-9-29(48)36-42-19-27(44-36)24-11-12-26-21-56-33-18-25(13-14-31(33)57-32(26)17-24)28-20-43-37(45-28)30-10-8-16-49(30)39(51)35(23(3)4)47-41(53)55-6/h11-14,17-20,22-23,29-30,34-35H,7-10,15-16,21H2,1-6H3,(H,42,44)(H,43,45)(H,46,52)(H,47,53)/t29-,30-,34-,35-/m0/s1. The number of methoxy groups -OCH3 is 2. The Morgan fingerprint density at radius 1 is 0.719 bits per heavy atom. The lowest BCUT2D eigenvalue weighted by molar-refractivity contribution is -0.136. The van der Waals surface area contributed by atoms with Crippen molar-refractivity contribution in [1.29, 1.82) is 0 Å². The van der Waals surface area contributed by atoms with Gasteiger partial charge in [-0.05, 0) is 61.8 Å². The van der Waals surface area contributed by atoms with E-state index < -0.39 is 24.3 Å². The quantitative estimate of drug-likeness (QED) is 0.143. The summed E-state index contributed by atoms with van der Waals surface area (Å²) < 4.78 is 22.2. The number of H-pyrrole nitrogens is 2. The second-order valence-corrected chi connectivity index (χ2v) is 15.3. The highest BCUT2D eigenvalue weighted by Crippen LogP contribution is 2.42. The van der Waals surface area contributed by atoms with Gasteiger partial charge in [0, 0.05) is 29.8 Å². The minimum Gasteiger partial charge on any atom is -0.485 e. The van der Waals surface area contributed by atoms with Gasteiger partial charge in [-0.1, -0.05) is 39.8 Å². The molecule has 16 nitrogen and oxygen atoms in total. The van der Waals surface area contributed by atoms with Crippen LogP contribution in [0.4, 0.5) is 9.59 Å². The fourth-order valence-electron chi connectivity index (χ4n) is 7.77. The molecule has 0 bridgehead atoms. The minimum absolute atomic E-state index is 0.127. The van der Waals surface area contributed by atoms with Gasteiger partial charge in [0.15, 0.2) is 11.5 Å². The van der Waals surface area contributed by atoms with Gasteiger partial charge >= 0.3 is 12.2 Å². The van der Waals surface area contributed by atoms with Crippen LogP contribution in [0, 0.1) is 11.8 Å². The summed E-state index contributed by atoms with van der Waals surface area (Å²) in [5.41, 5.74) is 4.13. The Bertz CT molecular complexity index is 2130. The number of aromatic nitrogens is 4. The largest absolute Gasteiger partial charge is 0.485 e. The van der Waals surface area contributed by atoms with E-state index in [1.165, 1.54) is 14.2 Å². The lowest BCUT2D eigenvalue weighted by Crippen LogP contribution is -2.51. The molecule has 7 rings (SSSR count). The number of nitrogens with zero attached hydrogens (tertiary/aromatic N) is 4. The number of hydrogen-bond acceptors (Lipinski definition) is 10. The van der Waals surface area contributed by atoms with E-state index in [1.807, 2.05) is 64.1 Å². The normalized spacial score (nSPS) is 18.5. The summed E-state index contributed by atoms with van der Waals surface area (Å²) in [4.78, 5) is 71.0. The van der Waals surface area contributed by atoms with E-state index in [9.17, 15) is 19.2 Å². The Kier molecular flexibility index (Phi) is 11.4. The first-order valence-corrected chi connectivity index (χ1v) is 19.4. The number of likely N-dealkylation sites (tertiary alicyclic amines) is 2. The summed E-state index contributed by atoms with van der Waals surface area (Å²) in [6.07, 6.45) is 5.37. The van der Waals surface area contributed by atoms with E-state index in [0.717, 1.165) is 53.8 Å². The molecule has 57 heavy (non-hydrogen) atoms. The molecule has 0 unspecified atom stereocenters. The maximum Gasteiger partial charge on any atom is 0.407 e. The Labute approximate surface area is 331 Å². The minimum atomic E-state index is -0.714. The first-order valence-electron chi connectivity index (χ1n) is 19.4. The van der Waals surface area contributed by atoms with Gasteiger partial charge in [-0.3, -0.25) is 9.59 Å². The van der Waals surface area contributed by atoms with Crippen LogP contribution in [0.25, 0.3) is 22.5 Å². The molecule has 2 fully saturated rings. The SMILES string of the molecule is COC(=O)N[C@H](C(=O)N1CCC[C@H]1c1ncc(-c2ccc3c(c2)Oc2ccc(-c4cnc([C@@H]5CCCN5C(=O)[C@@H](NC(=O)OC)C(C)C)[nH]4)cc2OC3)[nH]1)C(C)C. The lowest BCUT2D eigenvalue weighted by atomic mass is 10.0. The van der Waals surface area contributed by atoms with E-state index in [0.29, 0.717) is 48.6 Å². The van der Waals surface area contributed by atoms with Gasteiger partial charge in [0.2, 0.25) is 11.8 Å². The molecular weight excluding hydrogens is 732 g/mol. The first-order chi connectivity index (χ1) is 27.4. The lowest BCUT2D eigenvalue weighted by Gasteiger charge is -2.30. The Balaban J connectivity index is 1.05. The zero-order valence-corrected chi connectivity index (χ0v) is 33.1. The zero-order valence-electron chi connectivity index (χ0n) is 33.1. The molecule has 0 spiro atoms. The predicted molar refractivity (Wildman–Crippen MR) is 208 cm³/mol. The summed E-state index contributed by atoms with van der Waals surface area (Å²) in [7, 11) is 2.56. The zero-order chi connectivity index (χ0) is 40.4. The van der Waals surface area contributed by atoms with Crippen molar-refractivity contribution in [2.45, 2.75) is 84.2 Å². The van der Waals surface area contributed by atoms with Crippen molar-refractivity contribution < 1.29 is 38.1 Å². The summed E-state index contributed by atoms with van der Waals surface area (Å²) >= 11 is 0. The van der Waals surface area contributed by atoms with E-state index in [2.05, 4.69) is 30.6 Å². The molecule has 3 aliphatic heterocycles. The molecular formula is C41H50N8O8.